The highest BCUT2D eigenvalue weighted by molar-refractivity contribution is 5.60. The fraction of sp³-hybridized carbons (Fsp3) is 0.269. The van der Waals surface area contributed by atoms with E-state index in [9.17, 15) is 5.26 Å². The molecule has 0 radical (unpaired) electrons. The van der Waals surface area contributed by atoms with Crippen molar-refractivity contribution in [1.29, 1.82) is 15.8 Å². The number of nitriles is 3. The van der Waals surface area contributed by atoms with Gasteiger partial charge in [0, 0.05) is 24.4 Å². The standard InChI is InChI=1S/C26H26N4O3/c1-26(2)24(23(19-29)25(33-26)21(17-27)18-28)8-6-4-3-5-7-20-9-11-22(12-10-20)30(13-15-31)14-16-32/h3-12,31-32H,13-16H2,1-2H3/b4-3+,7-5+,8-6+. The van der Waals surface area contributed by atoms with E-state index in [0.29, 0.717) is 18.7 Å². The summed E-state index contributed by atoms with van der Waals surface area (Å²) in [6.45, 7) is 4.51. The summed E-state index contributed by atoms with van der Waals surface area (Å²) in [6.07, 6.45) is 11.0. The van der Waals surface area contributed by atoms with E-state index in [2.05, 4.69) is 0 Å². The van der Waals surface area contributed by atoms with Gasteiger partial charge in [-0.2, -0.15) is 15.8 Å². The van der Waals surface area contributed by atoms with Crippen molar-refractivity contribution >= 4 is 11.8 Å². The number of hydrogen-bond donors (Lipinski definition) is 2. The molecule has 0 aliphatic carbocycles. The molecule has 0 spiro atoms. The van der Waals surface area contributed by atoms with Crippen molar-refractivity contribution in [2.24, 2.45) is 0 Å². The monoisotopic (exact) mass is 442 g/mol. The summed E-state index contributed by atoms with van der Waals surface area (Å²) in [6, 6.07) is 13.4. The Bertz CT molecular complexity index is 1100. The zero-order valence-electron chi connectivity index (χ0n) is 18.7. The first-order valence-corrected chi connectivity index (χ1v) is 10.4. The van der Waals surface area contributed by atoms with E-state index in [4.69, 9.17) is 25.5 Å². The Balaban J connectivity index is 2.11. The van der Waals surface area contributed by atoms with E-state index >= 15 is 0 Å². The highest BCUT2D eigenvalue weighted by Crippen LogP contribution is 2.40. The number of nitrogens with zero attached hydrogens (tertiary/aromatic N) is 4. The molecule has 2 rings (SSSR count). The molecule has 1 aliphatic heterocycles. The van der Waals surface area contributed by atoms with Crippen molar-refractivity contribution in [2.75, 3.05) is 31.2 Å². The van der Waals surface area contributed by atoms with Crippen LogP contribution in [0.15, 0.2) is 77.1 Å². The molecule has 0 saturated heterocycles. The van der Waals surface area contributed by atoms with Crippen LogP contribution in [0.4, 0.5) is 5.69 Å². The summed E-state index contributed by atoms with van der Waals surface area (Å²) < 4.78 is 5.72. The van der Waals surface area contributed by atoms with Gasteiger partial charge in [-0.3, -0.25) is 0 Å². The highest BCUT2D eigenvalue weighted by atomic mass is 16.5. The molecule has 1 aliphatic rings. The number of aliphatic hydroxyl groups is 2. The van der Waals surface area contributed by atoms with Crippen LogP contribution in [0.25, 0.3) is 6.08 Å². The maximum absolute atomic E-state index is 9.53. The van der Waals surface area contributed by atoms with Crippen LogP contribution < -0.4 is 4.90 Å². The van der Waals surface area contributed by atoms with Gasteiger partial charge in [-0.1, -0.05) is 48.6 Å². The van der Waals surface area contributed by atoms with E-state index < -0.39 is 5.60 Å². The summed E-state index contributed by atoms with van der Waals surface area (Å²) in [5, 5.41) is 46.1. The normalized spacial score (nSPS) is 15.0. The molecule has 33 heavy (non-hydrogen) atoms. The third-order valence-electron chi connectivity index (χ3n) is 4.95. The second-order valence-electron chi connectivity index (χ2n) is 7.57. The second kappa shape index (κ2) is 12.1. The Morgan fingerprint density at radius 1 is 0.939 bits per heavy atom. The van der Waals surface area contributed by atoms with Crippen LogP contribution in [0.5, 0.6) is 0 Å². The second-order valence-corrected chi connectivity index (χ2v) is 7.57. The minimum Gasteiger partial charge on any atom is -0.480 e. The molecule has 0 bridgehead atoms. The van der Waals surface area contributed by atoms with Gasteiger partial charge in [-0.05, 0) is 31.5 Å². The topological polar surface area (TPSA) is 124 Å². The SMILES string of the molecule is CC1(C)OC(=C(C#N)C#N)C(C#N)=C1/C=C/C=C/C=C/c1ccc(N(CCO)CCO)cc1. The predicted octanol–water partition coefficient (Wildman–Crippen LogP) is 3.53. The maximum Gasteiger partial charge on any atom is 0.172 e. The van der Waals surface area contributed by atoms with Crippen LogP contribution in [-0.2, 0) is 4.74 Å². The highest BCUT2D eigenvalue weighted by Gasteiger charge is 2.38. The van der Waals surface area contributed by atoms with E-state index in [-0.39, 0.29) is 30.1 Å². The molecule has 7 nitrogen and oxygen atoms in total. The number of hydrogen-bond acceptors (Lipinski definition) is 7. The number of allylic oxidation sites excluding steroid dienone is 6. The predicted molar refractivity (Wildman–Crippen MR) is 126 cm³/mol. The fourth-order valence-electron chi connectivity index (χ4n) is 3.34. The van der Waals surface area contributed by atoms with Gasteiger partial charge in [0.25, 0.3) is 0 Å². The van der Waals surface area contributed by atoms with Crippen molar-refractivity contribution in [3.05, 3.63) is 82.7 Å². The lowest BCUT2D eigenvalue weighted by molar-refractivity contribution is 0.0954. The van der Waals surface area contributed by atoms with E-state index in [1.807, 2.05) is 59.5 Å². The quantitative estimate of drug-likeness (QED) is 0.443. The van der Waals surface area contributed by atoms with Gasteiger partial charge in [0.1, 0.15) is 29.4 Å². The number of anilines is 1. The molecule has 0 fully saturated rings. The van der Waals surface area contributed by atoms with Crippen LogP contribution in [0.1, 0.15) is 19.4 Å². The molecule has 2 N–H and O–H groups in total. The number of ether oxygens (including phenoxy) is 1. The van der Waals surface area contributed by atoms with Crippen molar-refractivity contribution in [3.63, 3.8) is 0 Å². The third-order valence-corrected chi connectivity index (χ3v) is 4.95. The van der Waals surface area contributed by atoms with E-state index in [1.54, 1.807) is 38.1 Å². The Hall–Kier alpha value is -4.09. The zero-order chi connectivity index (χ0) is 24.3. The minimum atomic E-state index is -0.832. The molecule has 7 heteroatoms. The van der Waals surface area contributed by atoms with Crippen LogP contribution in [0.3, 0.4) is 0 Å². The summed E-state index contributed by atoms with van der Waals surface area (Å²) >= 11 is 0. The van der Waals surface area contributed by atoms with Crippen LogP contribution in [0.2, 0.25) is 0 Å². The number of rotatable bonds is 9. The van der Waals surface area contributed by atoms with Gasteiger partial charge in [0.05, 0.1) is 13.2 Å². The molecule has 0 atom stereocenters. The Labute approximate surface area is 194 Å². The van der Waals surface area contributed by atoms with Gasteiger partial charge in [0.2, 0.25) is 0 Å². The molecule has 0 aromatic heterocycles. The van der Waals surface area contributed by atoms with Crippen molar-refractivity contribution in [1.82, 2.24) is 0 Å². The Morgan fingerprint density at radius 2 is 1.52 bits per heavy atom. The minimum absolute atomic E-state index is 0.0193. The summed E-state index contributed by atoms with van der Waals surface area (Å²) in [4.78, 5) is 1.91. The molecule has 0 unspecified atom stereocenters. The van der Waals surface area contributed by atoms with Gasteiger partial charge < -0.3 is 19.8 Å². The Kier molecular flexibility index (Phi) is 9.21. The average molecular weight is 443 g/mol. The lowest BCUT2D eigenvalue weighted by Gasteiger charge is -2.22. The number of aliphatic hydroxyl groups excluding tert-OH is 2. The smallest absolute Gasteiger partial charge is 0.172 e. The number of benzene rings is 1. The Morgan fingerprint density at radius 3 is 2.03 bits per heavy atom. The summed E-state index contributed by atoms with van der Waals surface area (Å²) in [7, 11) is 0. The van der Waals surface area contributed by atoms with Gasteiger partial charge in [-0.15, -0.1) is 0 Å². The summed E-state index contributed by atoms with van der Waals surface area (Å²) in [5.41, 5.74) is 1.67. The van der Waals surface area contributed by atoms with Gasteiger partial charge in [-0.25, -0.2) is 0 Å². The molecular weight excluding hydrogens is 416 g/mol. The lowest BCUT2D eigenvalue weighted by Crippen LogP contribution is -2.29. The maximum atomic E-state index is 9.53. The molecular formula is C26H26N4O3. The van der Waals surface area contributed by atoms with Crippen LogP contribution in [-0.4, -0.2) is 42.1 Å². The zero-order valence-corrected chi connectivity index (χ0v) is 18.7. The van der Waals surface area contributed by atoms with Crippen LogP contribution in [0, 0.1) is 34.0 Å². The molecule has 168 valence electrons. The van der Waals surface area contributed by atoms with Gasteiger partial charge >= 0.3 is 0 Å². The average Bonchev–Trinajstić information content (AvgIpc) is 3.06. The molecule has 1 aromatic rings. The first-order chi connectivity index (χ1) is 15.9. The van der Waals surface area contributed by atoms with Crippen molar-refractivity contribution in [2.45, 2.75) is 19.4 Å². The molecule has 0 amide bonds. The molecule has 0 saturated carbocycles. The van der Waals surface area contributed by atoms with Crippen molar-refractivity contribution < 1.29 is 14.9 Å². The van der Waals surface area contributed by atoms with Crippen molar-refractivity contribution in [3.8, 4) is 18.2 Å². The first-order valence-electron chi connectivity index (χ1n) is 10.4. The molecule has 1 aromatic carbocycles. The van der Waals surface area contributed by atoms with E-state index in [1.165, 1.54) is 0 Å². The third kappa shape index (κ3) is 6.45. The first kappa shape index (κ1) is 25.2. The van der Waals surface area contributed by atoms with E-state index in [0.717, 1.165) is 11.3 Å². The molecule has 1 heterocycles. The lowest BCUT2D eigenvalue weighted by atomic mass is 9.95. The summed E-state index contributed by atoms with van der Waals surface area (Å²) in [5.74, 6) is 0.0241. The largest absolute Gasteiger partial charge is 0.480 e. The van der Waals surface area contributed by atoms with Gasteiger partial charge in [0.15, 0.2) is 11.3 Å². The van der Waals surface area contributed by atoms with Crippen LogP contribution >= 0.6 is 0 Å². The fourth-order valence-corrected chi connectivity index (χ4v) is 3.34.